The molecule has 0 saturated carbocycles. The maximum atomic E-state index is 12.7. The van der Waals surface area contributed by atoms with Crippen LogP contribution in [0.25, 0.3) is 0 Å². The molecule has 2 aromatic rings. The number of hydrogen-bond donors (Lipinski definition) is 1. The molecule has 1 N–H and O–H groups in total. The van der Waals surface area contributed by atoms with Crippen molar-refractivity contribution in [2.24, 2.45) is 0 Å². The minimum atomic E-state index is 0.0316. The van der Waals surface area contributed by atoms with Crippen LogP contribution in [0.2, 0.25) is 0 Å². The number of benzene rings is 1. The lowest BCUT2D eigenvalue weighted by Gasteiger charge is -2.35. The first-order chi connectivity index (χ1) is 12.7. The summed E-state index contributed by atoms with van der Waals surface area (Å²) in [5, 5.41) is 3.14. The normalized spacial score (nSPS) is 17.0. The molecule has 0 aliphatic carbocycles. The van der Waals surface area contributed by atoms with Gasteiger partial charge in [0, 0.05) is 30.7 Å². The van der Waals surface area contributed by atoms with E-state index in [9.17, 15) is 4.79 Å². The maximum absolute atomic E-state index is 12.7. The van der Waals surface area contributed by atoms with Crippen LogP contribution in [0.5, 0.6) is 5.75 Å². The predicted molar refractivity (Wildman–Crippen MR) is 102 cm³/mol. The highest BCUT2D eigenvalue weighted by molar-refractivity contribution is 5.94. The van der Waals surface area contributed by atoms with Crippen molar-refractivity contribution < 1.29 is 9.53 Å². The zero-order valence-electron chi connectivity index (χ0n) is 15.4. The highest BCUT2D eigenvalue weighted by atomic mass is 16.5. The molecule has 1 aliphatic heterocycles. The van der Waals surface area contributed by atoms with E-state index in [2.05, 4.69) is 22.2 Å². The Labute approximate surface area is 154 Å². The quantitative estimate of drug-likeness (QED) is 0.848. The molecule has 138 valence electrons. The van der Waals surface area contributed by atoms with E-state index in [1.807, 2.05) is 36.1 Å². The fourth-order valence-corrected chi connectivity index (χ4v) is 3.29. The number of carbonyl (C=O) groups is 1. The van der Waals surface area contributed by atoms with Crippen LogP contribution in [-0.2, 0) is 0 Å². The van der Waals surface area contributed by atoms with Crippen LogP contribution in [0.3, 0.4) is 0 Å². The first kappa shape index (κ1) is 18.2. The lowest BCUT2D eigenvalue weighted by atomic mass is 9.99. The first-order valence-corrected chi connectivity index (χ1v) is 9.34. The smallest absolute Gasteiger partial charge is 0.257 e. The van der Waals surface area contributed by atoms with Crippen LogP contribution in [0.1, 0.15) is 49.9 Å². The largest absolute Gasteiger partial charge is 0.494 e. The molecule has 1 aromatic carbocycles. The summed E-state index contributed by atoms with van der Waals surface area (Å²) in [5.41, 5.74) is 1.41. The molecule has 6 nitrogen and oxygen atoms in total. The summed E-state index contributed by atoms with van der Waals surface area (Å²) in [4.78, 5) is 23.3. The summed E-state index contributed by atoms with van der Waals surface area (Å²) in [6.45, 7) is 5.55. The molecule has 6 heteroatoms. The van der Waals surface area contributed by atoms with Gasteiger partial charge in [-0.2, -0.15) is 0 Å². The van der Waals surface area contributed by atoms with E-state index < -0.39 is 0 Å². The van der Waals surface area contributed by atoms with Crippen molar-refractivity contribution in [2.45, 2.75) is 45.6 Å². The van der Waals surface area contributed by atoms with Gasteiger partial charge in [-0.1, -0.05) is 6.92 Å². The fourth-order valence-electron chi connectivity index (χ4n) is 3.29. The minimum absolute atomic E-state index is 0.0316. The molecule has 0 bridgehead atoms. The Morgan fingerprint density at radius 2 is 1.92 bits per heavy atom. The Balaban J connectivity index is 1.65. The molecule has 1 fully saturated rings. The molecule has 0 spiro atoms. The molecular formula is C20H26N4O2. The van der Waals surface area contributed by atoms with Gasteiger partial charge in [-0.3, -0.25) is 4.79 Å². The van der Waals surface area contributed by atoms with Crippen molar-refractivity contribution >= 4 is 17.5 Å². The lowest BCUT2D eigenvalue weighted by Crippen LogP contribution is -2.43. The highest BCUT2D eigenvalue weighted by Gasteiger charge is 2.26. The van der Waals surface area contributed by atoms with Crippen molar-refractivity contribution in [1.82, 2.24) is 14.9 Å². The van der Waals surface area contributed by atoms with E-state index in [1.165, 1.54) is 6.42 Å². The van der Waals surface area contributed by atoms with Crippen LogP contribution in [0, 0.1) is 0 Å². The third kappa shape index (κ3) is 4.31. The summed E-state index contributed by atoms with van der Waals surface area (Å²) in [6.07, 6.45) is 7.55. The lowest BCUT2D eigenvalue weighted by molar-refractivity contribution is 0.0607. The van der Waals surface area contributed by atoms with E-state index in [4.69, 9.17) is 4.74 Å². The second-order valence-corrected chi connectivity index (χ2v) is 6.43. The monoisotopic (exact) mass is 354 g/mol. The number of anilines is 2. The average Bonchev–Trinajstić information content (AvgIpc) is 2.70. The Morgan fingerprint density at radius 3 is 2.58 bits per heavy atom. The molecule has 1 aliphatic rings. The van der Waals surface area contributed by atoms with Crippen LogP contribution in [-0.4, -0.2) is 40.0 Å². The van der Waals surface area contributed by atoms with Gasteiger partial charge in [-0.15, -0.1) is 0 Å². The topological polar surface area (TPSA) is 67.3 Å². The second kappa shape index (κ2) is 8.65. The van der Waals surface area contributed by atoms with Crippen LogP contribution >= 0.6 is 0 Å². The van der Waals surface area contributed by atoms with Gasteiger partial charge < -0.3 is 15.0 Å². The third-order valence-electron chi connectivity index (χ3n) is 4.68. The van der Waals surface area contributed by atoms with Crippen LogP contribution in [0.15, 0.2) is 36.7 Å². The zero-order valence-corrected chi connectivity index (χ0v) is 15.4. The number of nitrogens with one attached hydrogen (secondary N) is 1. The van der Waals surface area contributed by atoms with Crippen molar-refractivity contribution in [2.75, 3.05) is 18.5 Å². The number of ether oxygens (including phenoxy) is 1. The Hall–Kier alpha value is -2.63. The van der Waals surface area contributed by atoms with Gasteiger partial charge in [-0.25, -0.2) is 9.97 Å². The van der Waals surface area contributed by atoms with E-state index in [0.717, 1.165) is 37.2 Å². The number of carbonyl (C=O) groups excluding carboxylic acids is 1. The molecule has 26 heavy (non-hydrogen) atoms. The van der Waals surface area contributed by atoms with E-state index in [-0.39, 0.29) is 5.91 Å². The van der Waals surface area contributed by atoms with Gasteiger partial charge in [-0.05, 0) is 56.9 Å². The molecule has 2 heterocycles. The van der Waals surface area contributed by atoms with Crippen LogP contribution in [0.4, 0.5) is 11.6 Å². The number of nitrogens with zero attached hydrogens (tertiary/aromatic N) is 3. The summed E-state index contributed by atoms with van der Waals surface area (Å²) < 4.78 is 5.43. The molecule has 1 aromatic heterocycles. The van der Waals surface area contributed by atoms with Crippen molar-refractivity contribution in [3.05, 3.63) is 42.2 Å². The SMILES string of the molecule is CCOc1ccc(Nc2ncc(C(=O)N3CCCCC3CC)cn2)cc1. The van der Waals surface area contributed by atoms with Gasteiger partial charge in [0.25, 0.3) is 5.91 Å². The standard InChI is InChI=1S/C20H26N4O2/c1-3-17-7-5-6-12-24(17)19(25)15-13-21-20(22-14-15)23-16-8-10-18(11-9-16)26-4-2/h8-11,13-14,17H,3-7,12H2,1-2H3,(H,21,22,23). The molecule has 3 rings (SSSR count). The minimum Gasteiger partial charge on any atom is -0.494 e. The summed E-state index contributed by atoms with van der Waals surface area (Å²) in [6, 6.07) is 7.94. The van der Waals surface area contributed by atoms with E-state index in [1.54, 1.807) is 12.4 Å². The van der Waals surface area contributed by atoms with E-state index >= 15 is 0 Å². The van der Waals surface area contributed by atoms with Crippen LogP contribution < -0.4 is 10.1 Å². The zero-order chi connectivity index (χ0) is 18.4. The number of rotatable bonds is 6. The third-order valence-corrected chi connectivity index (χ3v) is 4.68. The van der Waals surface area contributed by atoms with Crippen molar-refractivity contribution in [1.29, 1.82) is 0 Å². The summed E-state index contributed by atoms with van der Waals surface area (Å²) in [7, 11) is 0. The van der Waals surface area contributed by atoms with Gasteiger partial charge >= 0.3 is 0 Å². The van der Waals surface area contributed by atoms with Crippen molar-refractivity contribution in [3.63, 3.8) is 0 Å². The summed E-state index contributed by atoms with van der Waals surface area (Å²) >= 11 is 0. The Morgan fingerprint density at radius 1 is 1.19 bits per heavy atom. The number of hydrogen-bond acceptors (Lipinski definition) is 5. The highest BCUT2D eigenvalue weighted by Crippen LogP contribution is 2.22. The molecule has 1 atom stereocenters. The predicted octanol–water partition coefficient (Wildman–Crippen LogP) is 4.02. The molecule has 1 saturated heterocycles. The Bertz CT molecular complexity index is 716. The van der Waals surface area contributed by atoms with Gasteiger partial charge in [0.05, 0.1) is 12.2 Å². The number of piperidine rings is 1. The number of likely N-dealkylation sites (tertiary alicyclic amines) is 1. The van der Waals surface area contributed by atoms with Crippen molar-refractivity contribution in [3.8, 4) is 5.75 Å². The second-order valence-electron chi connectivity index (χ2n) is 6.43. The molecule has 1 amide bonds. The molecule has 1 unspecified atom stereocenters. The summed E-state index contributed by atoms with van der Waals surface area (Å²) in [5.74, 6) is 1.33. The fraction of sp³-hybridized carbons (Fsp3) is 0.450. The number of aromatic nitrogens is 2. The van der Waals surface area contributed by atoms with E-state index in [0.29, 0.717) is 24.2 Å². The molecule has 0 radical (unpaired) electrons. The average molecular weight is 354 g/mol. The number of amides is 1. The molecular weight excluding hydrogens is 328 g/mol. The van der Waals surface area contributed by atoms with Gasteiger partial charge in [0.2, 0.25) is 5.95 Å². The van der Waals surface area contributed by atoms with Gasteiger partial charge in [0.1, 0.15) is 5.75 Å². The maximum Gasteiger partial charge on any atom is 0.257 e. The Kier molecular flexibility index (Phi) is 6.04. The van der Waals surface area contributed by atoms with Gasteiger partial charge in [0.15, 0.2) is 0 Å². The first-order valence-electron chi connectivity index (χ1n) is 9.34.